The number of rotatable bonds is 4. The van der Waals surface area contributed by atoms with Crippen LogP contribution in [-0.2, 0) is 12.3 Å². The summed E-state index contributed by atoms with van der Waals surface area (Å²) in [6.07, 6.45) is 0.555. The fourth-order valence-corrected chi connectivity index (χ4v) is 2.36. The van der Waals surface area contributed by atoms with Gasteiger partial charge in [0, 0.05) is 11.9 Å². The van der Waals surface area contributed by atoms with Gasteiger partial charge in [0.2, 0.25) is 0 Å². The summed E-state index contributed by atoms with van der Waals surface area (Å²) < 4.78 is 0. The molecule has 4 nitrogen and oxygen atoms in total. The summed E-state index contributed by atoms with van der Waals surface area (Å²) in [5.41, 5.74) is 9.75. The van der Waals surface area contributed by atoms with Gasteiger partial charge in [0.25, 0.3) is 5.69 Å². The Morgan fingerprint density at radius 1 is 1.25 bits per heavy atom. The van der Waals surface area contributed by atoms with Crippen LogP contribution in [0.4, 0.5) is 11.4 Å². The Bertz CT molecular complexity index is 656. The van der Waals surface area contributed by atoms with Gasteiger partial charge in [-0.3, -0.25) is 10.1 Å². The molecule has 0 bridgehead atoms. The standard InChI is InChI=1S/C15H15ClN2O2/c1-10-5-13(15(17)14(6-10)18(19)20)8-11-3-2-4-12(7-11)9-16/h2-7H,8-9,17H2,1H3. The molecule has 2 aromatic rings. The van der Waals surface area contributed by atoms with Gasteiger partial charge in [0.1, 0.15) is 5.69 Å². The molecule has 0 spiro atoms. The average Bonchev–Trinajstić information content (AvgIpc) is 2.42. The fourth-order valence-electron chi connectivity index (χ4n) is 2.19. The van der Waals surface area contributed by atoms with Crippen LogP contribution in [0, 0.1) is 17.0 Å². The molecule has 2 aromatic carbocycles. The van der Waals surface area contributed by atoms with Crippen LogP contribution in [0.2, 0.25) is 0 Å². The zero-order chi connectivity index (χ0) is 14.7. The van der Waals surface area contributed by atoms with Crippen LogP contribution in [0.3, 0.4) is 0 Å². The highest BCUT2D eigenvalue weighted by Crippen LogP contribution is 2.29. The van der Waals surface area contributed by atoms with E-state index in [1.165, 1.54) is 6.07 Å². The molecule has 0 unspecified atom stereocenters. The molecule has 2 N–H and O–H groups in total. The molecule has 2 rings (SSSR count). The number of hydrogen-bond donors (Lipinski definition) is 1. The van der Waals surface area contributed by atoms with Gasteiger partial charge < -0.3 is 5.73 Å². The van der Waals surface area contributed by atoms with E-state index in [0.29, 0.717) is 12.3 Å². The van der Waals surface area contributed by atoms with E-state index in [2.05, 4.69) is 0 Å². The first-order chi connectivity index (χ1) is 9.51. The Morgan fingerprint density at radius 2 is 1.95 bits per heavy atom. The number of hydrogen-bond acceptors (Lipinski definition) is 3. The second-order valence-corrected chi connectivity index (χ2v) is 5.01. The Kier molecular flexibility index (Phi) is 4.25. The molecule has 5 heteroatoms. The SMILES string of the molecule is Cc1cc(Cc2cccc(CCl)c2)c(N)c([N+](=O)[O-])c1. The Balaban J connectivity index is 2.40. The molecule has 0 saturated heterocycles. The lowest BCUT2D eigenvalue weighted by atomic mass is 9.99. The molecule has 0 amide bonds. The van der Waals surface area contributed by atoms with Crippen molar-refractivity contribution in [3.63, 3.8) is 0 Å². The molecular weight excluding hydrogens is 276 g/mol. The highest BCUT2D eigenvalue weighted by atomic mass is 35.5. The first kappa shape index (κ1) is 14.3. The minimum atomic E-state index is -0.443. The van der Waals surface area contributed by atoms with Crippen molar-refractivity contribution < 1.29 is 4.92 Å². The molecule has 0 aliphatic rings. The summed E-state index contributed by atoms with van der Waals surface area (Å²) in [4.78, 5) is 10.5. The summed E-state index contributed by atoms with van der Waals surface area (Å²) in [5.74, 6) is 0.442. The van der Waals surface area contributed by atoms with E-state index in [4.69, 9.17) is 17.3 Å². The largest absolute Gasteiger partial charge is 0.393 e. The zero-order valence-electron chi connectivity index (χ0n) is 11.1. The van der Waals surface area contributed by atoms with Gasteiger partial charge in [-0.05, 0) is 35.6 Å². The number of nitro groups is 1. The number of aryl methyl sites for hydroxylation is 1. The van der Waals surface area contributed by atoms with Crippen molar-refractivity contribution in [2.45, 2.75) is 19.2 Å². The first-order valence-electron chi connectivity index (χ1n) is 6.18. The molecule has 0 aliphatic carbocycles. The highest BCUT2D eigenvalue weighted by Gasteiger charge is 2.16. The van der Waals surface area contributed by atoms with Crippen molar-refractivity contribution in [1.82, 2.24) is 0 Å². The minimum absolute atomic E-state index is 0.0338. The van der Waals surface area contributed by atoms with Gasteiger partial charge in [0.15, 0.2) is 0 Å². The van der Waals surface area contributed by atoms with Crippen LogP contribution in [0.1, 0.15) is 22.3 Å². The highest BCUT2D eigenvalue weighted by molar-refractivity contribution is 6.17. The van der Waals surface area contributed by atoms with Crippen LogP contribution in [0.25, 0.3) is 0 Å². The van der Waals surface area contributed by atoms with Crippen molar-refractivity contribution in [1.29, 1.82) is 0 Å². The van der Waals surface area contributed by atoms with Crippen molar-refractivity contribution in [2.24, 2.45) is 0 Å². The van der Waals surface area contributed by atoms with E-state index >= 15 is 0 Å². The van der Waals surface area contributed by atoms with Crippen LogP contribution in [0.15, 0.2) is 36.4 Å². The number of anilines is 1. The summed E-state index contributed by atoms with van der Waals surface area (Å²) in [6.45, 7) is 1.82. The Labute approximate surface area is 122 Å². The van der Waals surface area contributed by atoms with Crippen LogP contribution in [-0.4, -0.2) is 4.92 Å². The van der Waals surface area contributed by atoms with Crippen molar-refractivity contribution in [3.8, 4) is 0 Å². The maximum absolute atomic E-state index is 11.0. The van der Waals surface area contributed by atoms with E-state index < -0.39 is 4.92 Å². The maximum Gasteiger partial charge on any atom is 0.292 e. The van der Waals surface area contributed by atoms with Gasteiger partial charge >= 0.3 is 0 Å². The van der Waals surface area contributed by atoms with Gasteiger partial charge in [-0.2, -0.15) is 0 Å². The Morgan fingerprint density at radius 3 is 2.60 bits per heavy atom. The van der Waals surface area contributed by atoms with Crippen LogP contribution < -0.4 is 5.73 Å². The summed E-state index contributed by atoms with van der Waals surface area (Å²) in [6, 6.07) is 11.2. The van der Waals surface area contributed by atoms with Gasteiger partial charge in [-0.15, -0.1) is 11.6 Å². The summed E-state index contributed by atoms with van der Waals surface area (Å²) in [7, 11) is 0. The second-order valence-electron chi connectivity index (χ2n) is 4.74. The monoisotopic (exact) mass is 290 g/mol. The normalized spacial score (nSPS) is 10.5. The fraction of sp³-hybridized carbons (Fsp3) is 0.200. The van der Waals surface area contributed by atoms with Gasteiger partial charge in [-0.25, -0.2) is 0 Å². The predicted molar refractivity (Wildman–Crippen MR) is 81.1 cm³/mol. The van der Waals surface area contributed by atoms with Crippen molar-refractivity contribution in [3.05, 3.63) is 68.8 Å². The van der Waals surface area contributed by atoms with E-state index in [-0.39, 0.29) is 11.4 Å². The average molecular weight is 291 g/mol. The molecule has 0 heterocycles. The summed E-state index contributed by atoms with van der Waals surface area (Å²) >= 11 is 5.81. The lowest BCUT2D eigenvalue weighted by molar-refractivity contribution is -0.384. The Hall–Kier alpha value is -2.07. The lowest BCUT2D eigenvalue weighted by Gasteiger charge is -2.09. The number of nitrogens with zero attached hydrogens (tertiary/aromatic N) is 1. The van der Waals surface area contributed by atoms with Crippen molar-refractivity contribution >= 4 is 23.0 Å². The lowest BCUT2D eigenvalue weighted by Crippen LogP contribution is -2.02. The molecular formula is C15H15ClN2O2. The first-order valence-corrected chi connectivity index (χ1v) is 6.72. The van der Waals surface area contributed by atoms with Crippen LogP contribution >= 0.6 is 11.6 Å². The van der Waals surface area contributed by atoms with E-state index in [9.17, 15) is 10.1 Å². The third kappa shape index (κ3) is 3.08. The molecule has 104 valence electrons. The number of benzene rings is 2. The molecule has 0 aromatic heterocycles. The number of alkyl halides is 1. The third-order valence-corrected chi connectivity index (χ3v) is 3.43. The predicted octanol–water partition coefficient (Wildman–Crippen LogP) is 3.82. The van der Waals surface area contributed by atoms with E-state index in [1.807, 2.05) is 37.3 Å². The number of halogens is 1. The number of nitro benzene ring substituents is 1. The maximum atomic E-state index is 11.0. The third-order valence-electron chi connectivity index (χ3n) is 3.13. The molecule has 0 radical (unpaired) electrons. The van der Waals surface area contributed by atoms with Gasteiger partial charge in [0.05, 0.1) is 4.92 Å². The molecule has 0 fully saturated rings. The molecule has 0 atom stereocenters. The van der Waals surface area contributed by atoms with Crippen molar-refractivity contribution in [2.75, 3.05) is 5.73 Å². The van der Waals surface area contributed by atoms with Crippen LogP contribution in [0.5, 0.6) is 0 Å². The minimum Gasteiger partial charge on any atom is -0.393 e. The number of nitrogen functional groups attached to an aromatic ring is 1. The topological polar surface area (TPSA) is 69.2 Å². The molecule has 0 saturated carbocycles. The van der Waals surface area contributed by atoms with Gasteiger partial charge in [-0.1, -0.05) is 30.3 Å². The van der Waals surface area contributed by atoms with E-state index in [1.54, 1.807) is 0 Å². The quantitative estimate of drug-likeness (QED) is 0.403. The number of nitrogens with two attached hydrogens (primary N) is 1. The smallest absolute Gasteiger partial charge is 0.292 e. The van der Waals surface area contributed by atoms with E-state index in [0.717, 1.165) is 22.3 Å². The molecule has 20 heavy (non-hydrogen) atoms. The second kappa shape index (κ2) is 5.92. The molecule has 0 aliphatic heterocycles. The summed E-state index contributed by atoms with van der Waals surface area (Å²) in [5, 5.41) is 11.0. The zero-order valence-corrected chi connectivity index (χ0v) is 11.9.